The maximum Gasteiger partial charge on any atom is 0.326 e. The van der Waals surface area contributed by atoms with Crippen LogP contribution in [0.15, 0.2) is 0 Å². The van der Waals surface area contributed by atoms with Crippen LogP contribution in [0.1, 0.15) is 47.5 Å². The zero-order valence-electron chi connectivity index (χ0n) is 13.5. The van der Waals surface area contributed by atoms with E-state index in [-0.39, 0.29) is 22.9 Å². The van der Waals surface area contributed by atoms with Crippen molar-refractivity contribution in [1.29, 1.82) is 0 Å². The molecule has 0 saturated carbocycles. The second-order valence-corrected chi connectivity index (χ2v) is 7.35. The van der Waals surface area contributed by atoms with Crippen molar-refractivity contribution in [3.8, 4) is 0 Å². The van der Waals surface area contributed by atoms with Crippen LogP contribution in [0.25, 0.3) is 0 Å². The zero-order valence-corrected chi connectivity index (χ0v) is 14.3. The average molecular weight is 317 g/mol. The Balaban J connectivity index is 4.75. The number of thioether (sulfide) groups is 1. The average Bonchev–Trinajstić information content (AvgIpc) is 2.32. The topological polar surface area (TPSA) is 83.5 Å². The summed E-state index contributed by atoms with van der Waals surface area (Å²) in [6, 6.07) is -0.866. The maximum atomic E-state index is 12.3. The standard InChI is InChI=1S/C15H27NO4S/c1-9(2)6-12(8-21-11(5)17)14(18)16-13(15(19)20)7-10(3)4/h9-10,12-13H,6-8H2,1-5H3,(H,16,18)(H,19,20)/t12?,13-/m0/s1. The van der Waals surface area contributed by atoms with E-state index in [0.29, 0.717) is 24.5 Å². The van der Waals surface area contributed by atoms with E-state index in [9.17, 15) is 19.5 Å². The second-order valence-electron chi connectivity index (χ2n) is 6.16. The summed E-state index contributed by atoms with van der Waals surface area (Å²) in [7, 11) is 0. The van der Waals surface area contributed by atoms with Gasteiger partial charge in [-0.3, -0.25) is 9.59 Å². The van der Waals surface area contributed by atoms with Gasteiger partial charge >= 0.3 is 5.97 Å². The van der Waals surface area contributed by atoms with E-state index in [0.717, 1.165) is 11.8 Å². The first-order chi connectivity index (χ1) is 9.63. The van der Waals surface area contributed by atoms with Gasteiger partial charge in [-0.2, -0.15) is 0 Å². The molecule has 0 rings (SSSR count). The van der Waals surface area contributed by atoms with E-state index in [1.54, 1.807) is 0 Å². The van der Waals surface area contributed by atoms with Gasteiger partial charge in [0.2, 0.25) is 5.91 Å². The van der Waals surface area contributed by atoms with Gasteiger partial charge in [-0.1, -0.05) is 39.5 Å². The zero-order chi connectivity index (χ0) is 16.6. The third kappa shape index (κ3) is 9.50. The first-order valence-corrected chi connectivity index (χ1v) is 8.28. The molecule has 1 amide bonds. The number of aliphatic carboxylic acids is 1. The summed E-state index contributed by atoms with van der Waals surface area (Å²) in [6.07, 6.45) is 1.04. The predicted molar refractivity (Wildman–Crippen MR) is 85.1 cm³/mol. The van der Waals surface area contributed by atoms with Crippen LogP contribution in [0.2, 0.25) is 0 Å². The summed E-state index contributed by atoms with van der Waals surface area (Å²) in [5, 5.41) is 11.8. The largest absolute Gasteiger partial charge is 0.480 e. The van der Waals surface area contributed by atoms with Crippen LogP contribution in [0, 0.1) is 17.8 Å². The Bertz CT molecular complexity index is 369. The number of nitrogens with one attached hydrogen (secondary N) is 1. The van der Waals surface area contributed by atoms with Crippen LogP contribution in [0.3, 0.4) is 0 Å². The van der Waals surface area contributed by atoms with Crippen molar-refractivity contribution >= 4 is 28.8 Å². The van der Waals surface area contributed by atoms with Gasteiger partial charge in [0.15, 0.2) is 5.12 Å². The van der Waals surface area contributed by atoms with E-state index in [4.69, 9.17) is 0 Å². The predicted octanol–water partition coefficient (Wildman–Crippen LogP) is 2.54. The SMILES string of the molecule is CC(=O)SCC(CC(C)C)C(=O)N[C@@H](CC(C)C)C(=O)O. The summed E-state index contributed by atoms with van der Waals surface area (Å²) in [5.41, 5.74) is 0. The fourth-order valence-electron chi connectivity index (χ4n) is 2.02. The minimum Gasteiger partial charge on any atom is -0.480 e. The van der Waals surface area contributed by atoms with E-state index in [1.165, 1.54) is 6.92 Å². The number of carbonyl (C=O) groups is 3. The molecule has 0 bridgehead atoms. The Kier molecular flexibility index (Phi) is 9.33. The third-order valence-corrected chi connectivity index (χ3v) is 3.91. The highest BCUT2D eigenvalue weighted by Crippen LogP contribution is 2.19. The van der Waals surface area contributed by atoms with Gasteiger partial charge < -0.3 is 10.4 Å². The lowest BCUT2D eigenvalue weighted by Crippen LogP contribution is -2.45. The molecule has 0 aliphatic heterocycles. The Hall–Kier alpha value is -1.04. The molecule has 5 nitrogen and oxygen atoms in total. The summed E-state index contributed by atoms with van der Waals surface area (Å²) in [4.78, 5) is 34.6. The number of carboxylic acid groups (broad SMARTS) is 1. The van der Waals surface area contributed by atoms with Gasteiger partial charge in [0.05, 0.1) is 0 Å². The molecule has 6 heteroatoms. The van der Waals surface area contributed by atoms with Gasteiger partial charge in [0.1, 0.15) is 6.04 Å². The fourth-order valence-corrected chi connectivity index (χ4v) is 2.74. The van der Waals surface area contributed by atoms with Crippen LogP contribution >= 0.6 is 11.8 Å². The second kappa shape index (κ2) is 9.82. The summed E-state index contributed by atoms with van der Waals surface area (Å²) < 4.78 is 0. The quantitative estimate of drug-likeness (QED) is 0.683. The van der Waals surface area contributed by atoms with E-state index in [1.807, 2.05) is 27.7 Å². The van der Waals surface area contributed by atoms with Crippen LogP contribution in [0.5, 0.6) is 0 Å². The molecule has 0 fully saturated rings. The fraction of sp³-hybridized carbons (Fsp3) is 0.800. The van der Waals surface area contributed by atoms with Crippen LogP contribution < -0.4 is 5.32 Å². The lowest BCUT2D eigenvalue weighted by atomic mass is 9.96. The highest BCUT2D eigenvalue weighted by molar-refractivity contribution is 8.13. The van der Waals surface area contributed by atoms with Gasteiger partial charge in [0.25, 0.3) is 0 Å². The first-order valence-electron chi connectivity index (χ1n) is 7.30. The smallest absolute Gasteiger partial charge is 0.326 e. The highest BCUT2D eigenvalue weighted by Gasteiger charge is 2.26. The molecule has 2 N–H and O–H groups in total. The van der Waals surface area contributed by atoms with Crippen molar-refractivity contribution in [2.24, 2.45) is 17.8 Å². The van der Waals surface area contributed by atoms with Gasteiger partial charge in [-0.25, -0.2) is 4.79 Å². The van der Waals surface area contributed by atoms with Crippen molar-refractivity contribution in [2.45, 2.75) is 53.5 Å². The Morgan fingerprint density at radius 1 is 1.05 bits per heavy atom. The van der Waals surface area contributed by atoms with Crippen molar-refractivity contribution in [1.82, 2.24) is 5.32 Å². The number of hydrogen-bond donors (Lipinski definition) is 2. The summed E-state index contributed by atoms with van der Waals surface area (Å²) in [5.74, 6) is -0.742. The minimum absolute atomic E-state index is 0.0338. The highest BCUT2D eigenvalue weighted by atomic mass is 32.2. The molecule has 0 heterocycles. The number of hydrogen-bond acceptors (Lipinski definition) is 4. The van der Waals surface area contributed by atoms with Crippen LogP contribution in [0.4, 0.5) is 0 Å². The lowest BCUT2D eigenvalue weighted by molar-refractivity contribution is -0.142. The molecule has 0 radical (unpaired) electrons. The van der Waals surface area contributed by atoms with Gasteiger partial charge in [-0.05, 0) is 24.7 Å². The van der Waals surface area contributed by atoms with Gasteiger partial charge in [-0.15, -0.1) is 0 Å². The van der Waals surface area contributed by atoms with E-state index in [2.05, 4.69) is 5.32 Å². The molecule has 21 heavy (non-hydrogen) atoms. The third-order valence-electron chi connectivity index (χ3n) is 2.94. The summed E-state index contributed by atoms with van der Waals surface area (Å²) >= 11 is 1.11. The lowest BCUT2D eigenvalue weighted by Gasteiger charge is -2.22. The molecule has 2 atom stereocenters. The molecule has 1 unspecified atom stereocenters. The van der Waals surface area contributed by atoms with Gasteiger partial charge in [0, 0.05) is 18.6 Å². The maximum absolute atomic E-state index is 12.3. The summed E-state index contributed by atoms with van der Waals surface area (Å²) in [6.45, 7) is 9.30. The number of carboxylic acids is 1. The molecule has 0 saturated heterocycles. The normalized spacial score (nSPS) is 14.0. The van der Waals surface area contributed by atoms with E-state index >= 15 is 0 Å². The van der Waals surface area contributed by atoms with Crippen molar-refractivity contribution in [3.63, 3.8) is 0 Å². The monoisotopic (exact) mass is 317 g/mol. The Morgan fingerprint density at radius 3 is 1.95 bits per heavy atom. The molecule has 0 aromatic heterocycles. The molecular formula is C15H27NO4S. The molecule has 0 aliphatic carbocycles. The molecule has 122 valence electrons. The van der Waals surface area contributed by atoms with Crippen LogP contribution in [-0.2, 0) is 14.4 Å². The number of rotatable bonds is 9. The molecular weight excluding hydrogens is 290 g/mol. The number of amides is 1. The van der Waals surface area contributed by atoms with Crippen molar-refractivity contribution in [2.75, 3.05) is 5.75 Å². The Labute approximate surface area is 131 Å². The minimum atomic E-state index is -1.01. The van der Waals surface area contributed by atoms with Crippen LogP contribution in [-0.4, -0.2) is 33.9 Å². The molecule has 0 aliphatic rings. The van der Waals surface area contributed by atoms with Crippen molar-refractivity contribution < 1.29 is 19.5 Å². The van der Waals surface area contributed by atoms with Crippen molar-refractivity contribution in [3.05, 3.63) is 0 Å². The molecule has 0 aromatic carbocycles. The molecule has 0 aromatic rings. The van der Waals surface area contributed by atoms with E-state index < -0.39 is 12.0 Å². The Morgan fingerprint density at radius 2 is 1.57 bits per heavy atom. The first kappa shape index (κ1) is 20.0. The number of carbonyl (C=O) groups excluding carboxylic acids is 2. The molecule has 0 spiro atoms.